The highest BCUT2D eigenvalue weighted by atomic mass is 35.5. The predicted octanol–water partition coefficient (Wildman–Crippen LogP) is 2.67. The predicted molar refractivity (Wildman–Crippen MR) is 111 cm³/mol. The van der Waals surface area contributed by atoms with Crippen molar-refractivity contribution in [1.82, 2.24) is 25.3 Å². The molecule has 2 N–H and O–H groups in total. The van der Waals surface area contributed by atoms with Crippen LogP contribution in [0.2, 0.25) is 5.02 Å². The lowest BCUT2D eigenvalue weighted by Gasteiger charge is -2.33. The van der Waals surface area contributed by atoms with Crippen LogP contribution in [0, 0.1) is 6.92 Å². The zero-order chi connectivity index (χ0) is 19.1. The van der Waals surface area contributed by atoms with Gasteiger partial charge in [-0.05, 0) is 43.0 Å². The standard InChI is InChI=1S/C20H29ClN6/c1-16-13-24-27(14-16)12-9-23-20(22-2)25-19-7-10-26(11-8-19)15-17-3-5-18(21)6-4-17/h3-6,13-14,19H,7-12,15H2,1-2H3,(H2,22,23,25). The Labute approximate surface area is 166 Å². The molecule has 0 spiro atoms. The minimum atomic E-state index is 0.463. The number of benzene rings is 1. The molecule has 0 radical (unpaired) electrons. The van der Waals surface area contributed by atoms with E-state index in [2.05, 4.69) is 44.7 Å². The Hall–Kier alpha value is -2.05. The third kappa shape index (κ3) is 6.26. The summed E-state index contributed by atoms with van der Waals surface area (Å²) < 4.78 is 1.95. The van der Waals surface area contributed by atoms with Crippen LogP contribution < -0.4 is 10.6 Å². The molecule has 27 heavy (non-hydrogen) atoms. The van der Waals surface area contributed by atoms with Gasteiger partial charge in [-0.2, -0.15) is 5.10 Å². The summed E-state index contributed by atoms with van der Waals surface area (Å²) in [6, 6.07) is 8.61. The van der Waals surface area contributed by atoms with Crippen LogP contribution in [-0.2, 0) is 13.1 Å². The summed E-state index contributed by atoms with van der Waals surface area (Å²) >= 11 is 5.96. The summed E-state index contributed by atoms with van der Waals surface area (Å²) in [5, 5.41) is 12.0. The molecule has 0 unspecified atom stereocenters. The molecule has 6 nitrogen and oxygen atoms in total. The van der Waals surface area contributed by atoms with Crippen LogP contribution in [0.5, 0.6) is 0 Å². The van der Waals surface area contributed by atoms with E-state index in [1.807, 2.05) is 36.3 Å². The minimum Gasteiger partial charge on any atom is -0.355 e. The lowest BCUT2D eigenvalue weighted by atomic mass is 10.0. The molecule has 0 bridgehead atoms. The van der Waals surface area contributed by atoms with Crippen LogP contribution in [0.1, 0.15) is 24.0 Å². The number of piperidine rings is 1. The second-order valence-corrected chi connectivity index (χ2v) is 7.54. The van der Waals surface area contributed by atoms with Gasteiger partial charge in [0.05, 0.1) is 12.7 Å². The van der Waals surface area contributed by atoms with Gasteiger partial charge < -0.3 is 10.6 Å². The summed E-state index contributed by atoms with van der Waals surface area (Å²) in [7, 11) is 1.82. The first-order chi connectivity index (χ1) is 13.1. The quantitative estimate of drug-likeness (QED) is 0.590. The summed E-state index contributed by atoms with van der Waals surface area (Å²) in [4.78, 5) is 6.85. The van der Waals surface area contributed by atoms with Crippen molar-refractivity contribution in [3.8, 4) is 0 Å². The molecular weight excluding hydrogens is 360 g/mol. The fourth-order valence-electron chi connectivity index (χ4n) is 3.35. The number of aromatic nitrogens is 2. The van der Waals surface area contributed by atoms with Crippen molar-refractivity contribution in [1.29, 1.82) is 0 Å². The van der Waals surface area contributed by atoms with Gasteiger partial charge in [-0.3, -0.25) is 14.6 Å². The fourth-order valence-corrected chi connectivity index (χ4v) is 3.48. The number of rotatable bonds is 6. The number of nitrogens with zero attached hydrogens (tertiary/aromatic N) is 4. The number of guanidine groups is 1. The van der Waals surface area contributed by atoms with Gasteiger partial charge in [0, 0.05) is 50.5 Å². The minimum absolute atomic E-state index is 0.463. The highest BCUT2D eigenvalue weighted by Crippen LogP contribution is 2.15. The van der Waals surface area contributed by atoms with Gasteiger partial charge >= 0.3 is 0 Å². The van der Waals surface area contributed by atoms with Crippen molar-refractivity contribution in [3.63, 3.8) is 0 Å². The lowest BCUT2D eigenvalue weighted by molar-refractivity contribution is 0.198. The zero-order valence-corrected chi connectivity index (χ0v) is 16.9. The van der Waals surface area contributed by atoms with Gasteiger partial charge in [0.15, 0.2) is 5.96 Å². The van der Waals surface area contributed by atoms with Gasteiger partial charge in [-0.1, -0.05) is 23.7 Å². The Balaban J connectivity index is 1.37. The highest BCUT2D eigenvalue weighted by molar-refractivity contribution is 6.30. The third-order valence-corrected chi connectivity index (χ3v) is 5.12. The molecule has 1 aliphatic heterocycles. The fraction of sp³-hybridized carbons (Fsp3) is 0.500. The largest absolute Gasteiger partial charge is 0.355 e. The summed E-state index contributed by atoms with van der Waals surface area (Å²) in [6.07, 6.45) is 6.17. The van der Waals surface area contributed by atoms with E-state index in [1.54, 1.807) is 0 Å². The molecule has 1 aliphatic rings. The van der Waals surface area contributed by atoms with Crippen molar-refractivity contribution in [2.75, 3.05) is 26.7 Å². The topological polar surface area (TPSA) is 57.5 Å². The second kappa shape index (κ2) is 9.76. The molecule has 1 aromatic heterocycles. The average molecular weight is 389 g/mol. The Morgan fingerprint density at radius 1 is 1.26 bits per heavy atom. The van der Waals surface area contributed by atoms with Crippen LogP contribution in [0.25, 0.3) is 0 Å². The van der Waals surface area contributed by atoms with Crippen molar-refractivity contribution in [2.24, 2.45) is 4.99 Å². The Bertz CT molecular complexity index is 731. The smallest absolute Gasteiger partial charge is 0.191 e. The maximum absolute atomic E-state index is 5.96. The van der Waals surface area contributed by atoms with Crippen molar-refractivity contribution in [3.05, 3.63) is 52.8 Å². The Kier molecular flexibility index (Phi) is 7.12. The molecule has 2 aromatic rings. The van der Waals surface area contributed by atoms with Crippen molar-refractivity contribution >= 4 is 17.6 Å². The summed E-state index contributed by atoms with van der Waals surface area (Å²) in [6.45, 7) is 6.84. The monoisotopic (exact) mass is 388 g/mol. The SMILES string of the molecule is CN=C(NCCn1cc(C)cn1)NC1CCN(Cc2ccc(Cl)cc2)CC1. The zero-order valence-electron chi connectivity index (χ0n) is 16.2. The number of hydrogen-bond acceptors (Lipinski definition) is 3. The molecule has 1 aromatic carbocycles. The van der Waals surface area contributed by atoms with E-state index in [4.69, 9.17) is 11.6 Å². The molecule has 2 heterocycles. The molecule has 0 atom stereocenters. The molecule has 1 saturated heterocycles. The first-order valence-electron chi connectivity index (χ1n) is 9.55. The number of aryl methyl sites for hydroxylation is 1. The van der Waals surface area contributed by atoms with E-state index in [-0.39, 0.29) is 0 Å². The molecule has 1 fully saturated rings. The number of aliphatic imine (C=N–C) groups is 1. The van der Waals surface area contributed by atoms with E-state index in [1.165, 1.54) is 11.1 Å². The van der Waals surface area contributed by atoms with Gasteiger partial charge in [0.2, 0.25) is 0 Å². The maximum Gasteiger partial charge on any atom is 0.191 e. The molecule has 146 valence electrons. The number of hydrogen-bond donors (Lipinski definition) is 2. The Morgan fingerprint density at radius 3 is 2.63 bits per heavy atom. The maximum atomic E-state index is 5.96. The van der Waals surface area contributed by atoms with E-state index in [0.717, 1.165) is 56.5 Å². The van der Waals surface area contributed by atoms with Gasteiger partial charge in [-0.15, -0.1) is 0 Å². The first-order valence-corrected chi connectivity index (χ1v) is 9.93. The number of nitrogens with one attached hydrogen (secondary N) is 2. The normalized spacial score (nSPS) is 16.5. The second-order valence-electron chi connectivity index (χ2n) is 7.10. The van der Waals surface area contributed by atoms with Gasteiger partial charge in [0.25, 0.3) is 0 Å². The molecule has 3 rings (SSSR count). The van der Waals surface area contributed by atoms with Crippen LogP contribution in [0.4, 0.5) is 0 Å². The molecular formula is C20H29ClN6. The van der Waals surface area contributed by atoms with Crippen LogP contribution in [0.15, 0.2) is 41.7 Å². The van der Waals surface area contributed by atoms with E-state index in [0.29, 0.717) is 6.04 Å². The van der Waals surface area contributed by atoms with Crippen molar-refractivity contribution in [2.45, 2.75) is 38.9 Å². The van der Waals surface area contributed by atoms with E-state index < -0.39 is 0 Å². The molecule has 0 amide bonds. The summed E-state index contributed by atoms with van der Waals surface area (Å²) in [5.74, 6) is 0.870. The first kappa shape index (κ1) is 19.7. The molecule has 0 aliphatic carbocycles. The van der Waals surface area contributed by atoms with E-state index >= 15 is 0 Å². The average Bonchev–Trinajstić information content (AvgIpc) is 3.09. The molecule has 0 saturated carbocycles. The van der Waals surface area contributed by atoms with Crippen LogP contribution >= 0.6 is 11.6 Å². The lowest BCUT2D eigenvalue weighted by Crippen LogP contribution is -2.49. The molecule has 7 heteroatoms. The summed E-state index contributed by atoms with van der Waals surface area (Å²) in [5.41, 5.74) is 2.50. The van der Waals surface area contributed by atoms with Crippen molar-refractivity contribution < 1.29 is 0 Å². The van der Waals surface area contributed by atoms with Gasteiger partial charge in [-0.25, -0.2) is 0 Å². The van der Waals surface area contributed by atoms with Crippen LogP contribution in [0.3, 0.4) is 0 Å². The number of likely N-dealkylation sites (tertiary alicyclic amines) is 1. The Morgan fingerprint density at radius 2 is 2.00 bits per heavy atom. The highest BCUT2D eigenvalue weighted by Gasteiger charge is 2.20. The van der Waals surface area contributed by atoms with E-state index in [9.17, 15) is 0 Å². The van der Waals surface area contributed by atoms with Gasteiger partial charge in [0.1, 0.15) is 0 Å². The third-order valence-electron chi connectivity index (χ3n) is 4.87. The number of halogens is 1. The van der Waals surface area contributed by atoms with Crippen LogP contribution in [-0.4, -0.2) is 53.4 Å².